The third-order valence-corrected chi connectivity index (χ3v) is 5.43. The number of ether oxygens (including phenoxy) is 1. The van der Waals surface area contributed by atoms with Crippen molar-refractivity contribution >= 4 is 10.1 Å². The van der Waals surface area contributed by atoms with Gasteiger partial charge in [0.2, 0.25) is 0 Å². The fourth-order valence-corrected chi connectivity index (χ4v) is 3.61. The maximum Gasteiger partial charge on any atom is 0.297 e. The van der Waals surface area contributed by atoms with Crippen molar-refractivity contribution in [2.75, 3.05) is 6.61 Å². The number of hydrogen-bond acceptors (Lipinski definition) is 5. The molecule has 0 amide bonds. The number of benzene rings is 2. The van der Waals surface area contributed by atoms with Crippen LogP contribution in [-0.4, -0.2) is 32.3 Å². The summed E-state index contributed by atoms with van der Waals surface area (Å²) in [6.07, 6.45) is -0.727. The molecule has 2 atom stereocenters. The van der Waals surface area contributed by atoms with Crippen molar-refractivity contribution < 1.29 is 26.8 Å². The number of halogens is 1. The summed E-state index contributed by atoms with van der Waals surface area (Å²) in [5, 5.41) is 10.2. The average Bonchev–Trinajstić information content (AvgIpc) is 2.59. The van der Waals surface area contributed by atoms with Crippen LogP contribution in [0.4, 0.5) is 4.39 Å². The predicted molar refractivity (Wildman–Crippen MR) is 89.5 cm³/mol. The van der Waals surface area contributed by atoms with Crippen LogP contribution in [0.1, 0.15) is 17.5 Å². The van der Waals surface area contributed by atoms with Crippen LogP contribution in [0.15, 0.2) is 47.4 Å². The van der Waals surface area contributed by atoms with E-state index in [4.69, 9.17) is 8.92 Å². The van der Waals surface area contributed by atoms with Gasteiger partial charge in [0.25, 0.3) is 10.1 Å². The molecule has 5 nitrogen and oxygen atoms in total. The number of aliphatic hydroxyl groups is 1. The third-order valence-electron chi connectivity index (χ3n) is 4.13. The number of fused-ring (bicyclic) bond motifs is 1. The minimum Gasteiger partial charge on any atom is -0.487 e. The molecule has 0 fully saturated rings. The zero-order chi connectivity index (χ0) is 18.0. The van der Waals surface area contributed by atoms with E-state index < -0.39 is 28.9 Å². The molecule has 1 heterocycles. The number of hydrogen-bond donors (Lipinski definition) is 1. The van der Waals surface area contributed by atoms with Crippen LogP contribution in [0.5, 0.6) is 5.75 Å². The topological polar surface area (TPSA) is 72.8 Å². The van der Waals surface area contributed by atoms with E-state index >= 15 is 0 Å². The van der Waals surface area contributed by atoms with E-state index in [0.29, 0.717) is 18.6 Å². The first kappa shape index (κ1) is 17.8. The van der Waals surface area contributed by atoms with Gasteiger partial charge in [0.15, 0.2) is 0 Å². The van der Waals surface area contributed by atoms with Crippen molar-refractivity contribution in [3.63, 3.8) is 0 Å². The molecule has 0 radical (unpaired) electrons. The smallest absolute Gasteiger partial charge is 0.297 e. The molecule has 0 aromatic heterocycles. The predicted octanol–water partition coefficient (Wildman–Crippen LogP) is 2.59. The lowest BCUT2D eigenvalue weighted by atomic mass is 9.99. The summed E-state index contributed by atoms with van der Waals surface area (Å²) in [4.78, 5) is 0.0377. The van der Waals surface area contributed by atoms with Crippen LogP contribution in [-0.2, 0) is 20.7 Å². The van der Waals surface area contributed by atoms with Crippen molar-refractivity contribution in [3.05, 3.63) is 59.4 Å². The Hall–Kier alpha value is -1.96. The molecule has 1 unspecified atom stereocenters. The summed E-state index contributed by atoms with van der Waals surface area (Å²) >= 11 is 0. The maximum atomic E-state index is 13.2. The van der Waals surface area contributed by atoms with Crippen LogP contribution in [0.3, 0.4) is 0 Å². The van der Waals surface area contributed by atoms with Crippen molar-refractivity contribution in [3.8, 4) is 5.75 Å². The Morgan fingerprint density at radius 3 is 2.72 bits per heavy atom. The largest absolute Gasteiger partial charge is 0.487 e. The van der Waals surface area contributed by atoms with E-state index in [2.05, 4.69) is 0 Å². The van der Waals surface area contributed by atoms with Gasteiger partial charge in [0.1, 0.15) is 23.8 Å². The summed E-state index contributed by atoms with van der Waals surface area (Å²) in [6, 6.07) is 10.5. The molecule has 25 heavy (non-hydrogen) atoms. The lowest BCUT2D eigenvalue weighted by Crippen LogP contribution is -2.38. The van der Waals surface area contributed by atoms with Gasteiger partial charge in [-0.05, 0) is 55.7 Å². The summed E-state index contributed by atoms with van der Waals surface area (Å²) in [5.74, 6) is 0.159. The molecular weight excluding hydrogens is 347 g/mol. The van der Waals surface area contributed by atoms with E-state index in [1.54, 1.807) is 12.1 Å². The zero-order valence-corrected chi connectivity index (χ0v) is 14.5. The molecule has 1 aliphatic rings. The fraction of sp³-hybridized carbons (Fsp3) is 0.333. The molecule has 7 heteroatoms. The highest BCUT2D eigenvalue weighted by Gasteiger charge is 2.28. The molecule has 2 aromatic carbocycles. The molecule has 0 spiro atoms. The molecule has 134 valence electrons. The highest BCUT2D eigenvalue weighted by Crippen LogP contribution is 2.29. The second-order valence-electron chi connectivity index (χ2n) is 6.07. The molecular formula is C18H19FO5S. The van der Waals surface area contributed by atoms with Gasteiger partial charge >= 0.3 is 0 Å². The van der Waals surface area contributed by atoms with E-state index in [1.807, 2.05) is 6.92 Å². The number of aryl methyl sites for hydroxylation is 2. The fourth-order valence-electron chi connectivity index (χ4n) is 2.69. The first-order chi connectivity index (χ1) is 11.8. The molecule has 3 rings (SSSR count). The quantitative estimate of drug-likeness (QED) is 0.824. The molecule has 1 aliphatic heterocycles. The summed E-state index contributed by atoms with van der Waals surface area (Å²) in [6.45, 7) is 1.45. The average molecular weight is 366 g/mol. The summed E-state index contributed by atoms with van der Waals surface area (Å²) < 4.78 is 48.1. The molecule has 1 N–H and O–H groups in total. The number of rotatable bonds is 5. The maximum absolute atomic E-state index is 13.2. The van der Waals surface area contributed by atoms with Crippen LogP contribution in [0, 0.1) is 12.7 Å². The van der Waals surface area contributed by atoms with Gasteiger partial charge in [-0.1, -0.05) is 17.7 Å². The Balaban J connectivity index is 1.62. The van der Waals surface area contributed by atoms with Gasteiger partial charge in [-0.25, -0.2) is 4.39 Å². The highest BCUT2D eigenvalue weighted by molar-refractivity contribution is 7.86. The van der Waals surface area contributed by atoms with Crippen molar-refractivity contribution in [2.45, 2.75) is 36.9 Å². The lowest BCUT2D eigenvalue weighted by Gasteiger charge is -2.29. The zero-order valence-electron chi connectivity index (χ0n) is 13.7. The minimum absolute atomic E-state index is 0.0377. The van der Waals surface area contributed by atoms with E-state index in [-0.39, 0.29) is 10.7 Å². The normalized spacial score (nSPS) is 18.3. The second-order valence-corrected chi connectivity index (χ2v) is 7.68. The van der Waals surface area contributed by atoms with Crippen LogP contribution >= 0.6 is 0 Å². The van der Waals surface area contributed by atoms with Crippen molar-refractivity contribution in [1.29, 1.82) is 0 Å². The van der Waals surface area contributed by atoms with Gasteiger partial charge < -0.3 is 9.84 Å². The monoisotopic (exact) mass is 366 g/mol. The van der Waals surface area contributed by atoms with Gasteiger partial charge in [0.05, 0.1) is 11.5 Å². The van der Waals surface area contributed by atoms with Gasteiger partial charge in [-0.3, -0.25) is 4.18 Å². The van der Waals surface area contributed by atoms with E-state index in [1.165, 1.54) is 30.3 Å². The van der Waals surface area contributed by atoms with E-state index in [9.17, 15) is 17.9 Å². The Labute approximate surface area is 146 Å². The van der Waals surface area contributed by atoms with E-state index in [0.717, 1.165) is 11.1 Å². The Kier molecular flexibility index (Phi) is 5.08. The molecule has 0 saturated carbocycles. The summed E-state index contributed by atoms with van der Waals surface area (Å²) in [5.41, 5.74) is 1.67. The first-order valence-electron chi connectivity index (χ1n) is 7.94. The Morgan fingerprint density at radius 2 is 2.00 bits per heavy atom. The van der Waals surface area contributed by atoms with Gasteiger partial charge in [-0.2, -0.15) is 8.42 Å². The third kappa shape index (κ3) is 4.18. The molecule has 0 aliphatic carbocycles. The highest BCUT2D eigenvalue weighted by atomic mass is 32.2. The van der Waals surface area contributed by atoms with Crippen molar-refractivity contribution in [2.24, 2.45) is 0 Å². The first-order valence-corrected chi connectivity index (χ1v) is 9.35. The SMILES string of the molecule is Cc1ccc(S(=O)(=O)OC[C@@H](O)C2CCc3cc(F)ccc3O2)cc1. The Morgan fingerprint density at radius 1 is 1.28 bits per heavy atom. The van der Waals surface area contributed by atoms with Gasteiger partial charge in [0, 0.05) is 0 Å². The van der Waals surface area contributed by atoms with Crippen LogP contribution in [0.2, 0.25) is 0 Å². The van der Waals surface area contributed by atoms with Crippen molar-refractivity contribution in [1.82, 2.24) is 0 Å². The molecule has 0 saturated heterocycles. The molecule has 0 bridgehead atoms. The Bertz CT molecular complexity index is 848. The lowest BCUT2D eigenvalue weighted by molar-refractivity contribution is -0.00207. The molecule has 2 aromatic rings. The van der Waals surface area contributed by atoms with Crippen LogP contribution < -0.4 is 4.74 Å². The van der Waals surface area contributed by atoms with Crippen LogP contribution in [0.25, 0.3) is 0 Å². The van der Waals surface area contributed by atoms with Gasteiger partial charge in [-0.15, -0.1) is 0 Å². The second kappa shape index (κ2) is 7.11. The number of aliphatic hydroxyl groups excluding tert-OH is 1. The standard InChI is InChI=1S/C18H19FO5S/c1-12-2-6-15(7-3-12)25(21,22)23-11-16(20)18-8-4-13-10-14(19)5-9-17(13)24-18/h2-3,5-7,9-10,16,18,20H,4,8,11H2,1H3/t16-,18?/m1/s1. The summed E-state index contributed by atoms with van der Waals surface area (Å²) in [7, 11) is -3.94. The minimum atomic E-state index is -3.94.